The number of carbonyl (C=O) groups is 3. The van der Waals surface area contributed by atoms with Crippen LogP contribution in [-0.2, 0) is 14.3 Å². The van der Waals surface area contributed by atoms with E-state index in [1.54, 1.807) is 0 Å². The van der Waals surface area contributed by atoms with Crippen molar-refractivity contribution < 1.29 is 33.0 Å². The predicted molar refractivity (Wildman–Crippen MR) is 78.0 cm³/mol. The number of hydrogen-bond donors (Lipinski definition) is 2. The second-order valence-electron chi connectivity index (χ2n) is 6.06. The molecule has 2 N–H and O–H groups in total. The van der Waals surface area contributed by atoms with Crippen LogP contribution in [0.2, 0.25) is 0 Å². The van der Waals surface area contributed by atoms with Crippen molar-refractivity contribution >= 4 is 18.3 Å². The monoisotopic (exact) mass is 349 g/mol. The maximum Gasteiger partial charge on any atom is 0.407 e. The third-order valence-electron chi connectivity index (χ3n) is 4.32. The van der Waals surface area contributed by atoms with Gasteiger partial charge in [0.2, 0.25) is 0 Å². The molecule has 10 heteroatoms. The number of carbonyl (C=O) groups excluding carboxylic acids is 2. The van der Waals surface area contributed by atoms with Gasteiger partial charge in [-0.25, -0.2) is 13.6 Å². The molecule has 1 atom stereocenters. The van der Waals surface area contributed by atoms with E-state index in [2.05, 4.69) is 5.32 Å². The van der Waals surface area contributed by atoms with E-state index >= 15 is 0 Å². The highest BCUT2D eigenvalue weighted by Gasteiger charge is 2.45. The van der Waals surface area contributed by atoms with Gasteiger partial charge in [-0.3, -0.25) is 9.69 Å². The Kier molecular flexibility index (Phi) is 6.05. The van der Waals surface area contributed by atoms with Gasteiger partial charge in [0.1, 0.15) is 12.4 Å². The van der Waals surface area contributed by atoms with Crippen molar-refractivity contribution in [3.8, 4) is 0 Å². The summed E-state index contributed by atoms with van der Waals surface area (Å²) in [6.07, 6.45) is -3.36. The van der Waals surface area contributed by atoms with Crippen molar-refractivity contribution in [2.75, 3.05) is 39.3 Å². The van der Waals surface area contributed by atoms with Crippen molar-refractivity contribution in [2.24, 2.45) is 0 Å². The fraction of sp³-hybridized carbons (Fsp3) is 0.786. The predicted octanol–water partition coefficient (Wildman–Crippen LogP) is -0.220. The lowest BCUT2D eigenvalue weighted by Crippen LogP contribution is -2.63. The number of morpholine rings is 1. The summed E-state index contributed by atoms with van der Waals surface area (Å²) in [6.45, 7) is 0.0291. The van der Waals surface area contributed by atoms with E-state index in [9.17, 15) is 23.2 Å². The summed E-state index contributed by atoms with van der Waals surface area (Å²) in [6, 6.07) is 0. The van der Waals surface area contributed by atoms with Gasteiger partial charge in [0.05, 0.1) is 18.7 Å². The van der Waals surface area contributed by atoms with Gasteiger partial charge in [-0.05, 0) is 12.8 Å². The molecule has 24 heavy (non-hydrogen) atoms. The van der Waals surface area contributed by atoms with Gasteiger partial charge < -0.3 is 24.9 Å². The van der Waals surface area contributed by atoms with Crippen LogP contribution in [0.1, 0.15) is 12.8 Å². The summed E-state index contributed by atoms with van der Waals surface area (Å²) in [5, 5.41) is 11.4. The van der Waals surface area contributed by atoms with Crippen LogP contribution >= 0.6 is 0 Å². The van der Waals surface area contributed by atoms with Crippen molar-refractivity contribution in [3.05, 3.63) is 0 Å². The zero-order valence-corrected chi connectivity index (χ0v) is 13.1. The van der Waals surface area contributed by atoms with Gasteiger partial charge in [0.25, 0.3) is 12.3 Å². The smallest absolute Gasteiger partial charge is 0.407 e. The number of amides is 2. The molecule has 1 unspecified atom stereocenters. The summed E-state index contributed by atoms with van der Waals surface area (Å²) < 4.78 is 31.4. The first-order valence-corrected chi connectivity index (χ1v) is 7.73. The van der Waals surface area contributed by atoms with E-state index in [4.69, 9.17) is 9.84 Å². The SMILES string of the molecule is O=CCNC(=O)C1CN(CC(F)F)CC2(CCN(C(=O)O)CC2)O1. The number of aldehydes is 1. The fourth-order valence-corrected chi connectivity index (χ4v) is 3.19. The first-order chi connectivity index (χ1) is 11.3. The van der Waals surface area contributed by atoms with E-state index < -0.39 is 36.7 Å². The molecule has 0 aromatic rings. The highest BCUT2D eigenvalue weighted by molar-refractivity contribution is 5.83. The van der Waals surface area contributed by atoms with E-state index in [0.717, 1.165) is 0 Å². The molecular weight excluding hydrogens is 328 g/mol. The number of rotatable bonds is 5. The molecule has 136 valence electrons. The summed E-state index contributed by atoms with van der Waals surface area (Å²) in [5.41, 5.74) is -0.831. The molecular formula is C14H21F2N3O5. The van der Waals surface area contributed by atoms with Crippen molar-refractivity contribution in [1.29, 1.82) is 0 Å². The molecule has 2 amide bonds. The Hall–Kier alpha value is -1.81. The van der Waals surface area contributed by atoms with Crippen LogP contribution in [0.3, 0.4) is 0 Å². The van der Waals surface area contributed by atoms with Gasteiger partial charge in [-0.1, -0.05) is 0 Å². The normalized spacial score (nSPS) is 24.1. The third kappa shape index (κ3) is 4.60. The molecule has 0 aromatic carbocycles. The van der Waals surface area contributed by atoms with Crippen molar-refractivity contribution in [1.82, 2.24) is 15.1 Å². The molecule has 2 aliphatic rings. The second kappa shape index (κ2) is 7.84. The molecule has 0 aliphatic carbocycles. The number of carboxylic acid groups (broad SMARTS) is 1. The first kappa shape index (κ1) is 18.5. The molecule has 1 spiro atoms. The molecule has 2 fully saturated rings. The van der Waals surface area contributed by atoms with E-state index in [1.807, 2.05) is 0 Å². The van der Waals surface area contributed by atoms with Crippen molar-refractivity contribution in [3.63, 3.8) is 0 Å². The number of hydrogen-bond acceptors (Lipinski definition) is 5. The number of halogens is 2. The van der Waals surface area contributed by atoms with Gasteiger partial charge >= 0.3 is 6.09 Å². The molecule has 8 nitrogen and oxygen atoms in total. The molecule has 0 bridgehead atoms. The number of ether oxygens (including phenoxy) is 1. The molecule has 2 aliphatic heterocycles. The number of alkyl halides is 2. The molecule has 2 saturated heterocycles. The molecule has 0 aromatic heterocycles. The Bertz CT molecular complexity index is 483. The molecule has 2 heterocycles. The Morgan fingerprint density at radius 2 is 2.04 bits per heavy atom. The number of piperidine rings is 1. The summed E-state index contributed by atoms with van der Waals surface area (Å²) in [7, 11) is 0. The summed E-state index contributed by atoms with van der Waals surface area (Å²) in [4.78, 5) is 36.2. The summed E-state index contributed by atoms with van der Waals surface area (Å²) >= 11 is 0. The van der Waals surface area contributed by atoms with Gasteiger partial charge in [-0.15, -0.1) is 0 Å². The lowest BCUT2D eigenvalue weighted by Gasteiger charge is -2.49. The maximum atomic E-state index is 12.8. The Morgan fingerprint density at radius 3 is 2.58 bits per heavy atom. The average molecular weight is 349 g/mol. The molecule has 0 saturated carbocycles. The van der Waals surface area contributed by atoms with Crippen LogP contribution in [-0.4, -0.2) is 90.6 Å². The largest absolute Gasteiger partial charge is 0.465 e. The van der Waals surface area contributed by atoms with E-state index in [1.165, 1.54) is 9.80 Å². The minimum absolute atomic E-state index is 0.0133. The van der Waals surface area contributed by atoms with E-state index in [0.29, 0.717) is 19.1 Å². The fourth-order valence-electron chi connectivity index (χ4n) is 3.19. The lowest BCUT2D eigenvalue weighted by atomic mass is 9.88. The molecule has 2 rings (SSSR count). The van der Waals surface area contributed by atoms with Crippen LogP contribution in [0, 0.1) is 0 Å². The Balaban J connectivity index is 2.07. The topological polar surface area (TPSA) is 99.2 Å². The van der Waals surface area contributed by atoms with E-state index in [-0.39, 0.29) is 32.7 Å². The molecule has 0 radical (unpaired) electrons. The minimum atomic E-state index is -2.54. The highest BCUT2D eigenvalue weighted by Crippen LogP contribution is 2.32. The van der Waals surface area contributed by atoms with Crippen LogP contribution in [0.15, 0.2) is 0 Å². The minimum Gasteiger partial charge on any atom is -0.465 e. The zero-order chi connectivity index (χ0) is 17.7. The summed E-state index contributed by atoms with van der Waals surface area (Å²) in [5.74, 6) is -0.527. The lowest BCUT2D eigenvalue weighted by molar-refractivity contribution is -0.186. The first-order valence-electron chi connectivity index (χ1n) is 7.73. The average Bonchev–Trinajstić information content (AvgIpc) is 2.51. The second-order valence-corrected chi connectivity index (χ2v) is 6.06. The third-order valence-corrected chi connectivity index (χ3v) is 4.32. The van der Waals surface area contributed by atoms with Crippen LogP contribution in [0.5, 0.6) is 0 Å². The standard InChI is InChI=1S/C14H21F2N3O5/c15-11(16)8-18-7-10(12(21)17-3-6-20)24-14(9-18)1-4-19(5-2-14)13(22)23/h6,10-11H,1-5,7-9H2,(H,17,21)(H,22,23). The van der Waals surface area contributed by atoms with Crippen LogP contribution < -0.4 is 5.32 Å². The maximum absolute atomic E-state index is 12.8. The van der Waals surface area contributed by atoms with Crippen LogP contribution in [0.25, 0.3) is 0 Å². The number of nitrogens with zero attached hydrogens (tertiary/aromatic N) is 2. The number of likely N-dealkylation sites (tertiary alicyclic amines) is 1. The van der Waals surface area contributed by atoms with Crippen molar-refractivity contribution in [2.45, 2.75) is 31.0 Å². The number of nitrogens with one attached hydrogen (secondary N) is 1. The highest BCUT2D eigenvalue weighted by atomic mass is 19.3. The Morgan fingerprint density at radius 1 is 1.38 bits per heavy atom. The van der Waals surface area contributed by atoms with Gasteiger partial charge in [0, 0.05) is 26.2 Å². The van der Waals surface area contributed by atoms with Gasteiger partial charge in [-0.2, -0.15) is 0 Å². The van der Waals surface area contributed by atoms with Crippen LogP contribution in [0.4, 0.5) is 13.6 Å². The quantitative estimate of drug-likeness (QED) is 0.666. The zero-order valence-electron chi connectivity index (χ0n) is 13.1. The van der Waals surface area contributed by atoms with Gasteiger partial charge in [0.15, 0.2) is 0 Å². The Labute approximate surface area is 137 Å².